The zero-order valence-electron chi connectivity index (χ0n) is 18.6. The van der Waals surface area contributed by atoms with Crippen LogP contribution < -0.4 is 0 Å². The van der Waals surface area contributed by atoms with Crippen LogP contribution in [0.15, 0.2) is 24.3 Å². The molecule has 26 heavy (non-hydrogen) atoms. The molecule has 0 radical (unpaired) electrons. The van der Waals surface area contributed by atoms with Crippen molar-refractivity contribution >= 4 is 16.1 Å². The minimum Gasteiger partial charge on any atom is -0.130 e. The number of rotatable bonds is 4. The predicted octanol–water partition coefficient (Wildman–Crippen LogP) is 7.24. The topological polar surface area (TPSA) is 0 Å². The molecule has 0 aliphatic rings. The minimum absolute atomic E-state index is 0.256. The Morgan fingerprint density at radius 1 is 0.769 bits per heavy atom. The van der Waals surface area contributed by atoms with E-state index in [9.17, 15) is 0 Å². The molecule has 0 amide bonds. The van der Waals surface area contributed by atoms with Crippen molar-refractivity contribution < 1.29 is 0 Å². The highest BCUT2D eigenvalue weighted by Gasteiger charge is 2.41. The van der Waals surface area contributed by atoms with Gasteiger partial charge in [-0.05, 0) is 41.2 Å². The number of hydrogen-bond acceptors (Lipinski definition) is 0. The third-order valence-electron chi connectivity index (χ3n) is 5.34. The van der Waals surface area contributed by atoms with Crippen LogP contribution in [0.4, 0.5) is 0 Å². The second-order valence-corrected chi connectivity index (χ2v) is 19.8. The summed E-state index contributed by atoms with van der Waals surface area (Å²) >= 11 is 0. The first-order chi connectivity index (χ1) is 11.9. The molecule has 1 aromatic carbocycles. The molecule has 142 valence electrons. The highest BCUT2D eigenvalue weighted by Crippen LogP contribution is 2.40. The van der Waals surface area contributed by atoms with E-state index in [-0.39, 0.29) is 5.92 Å². The van der Waals surface area contributed by atoms with Crippen LogP contribution in [0.2, 0.25) is 36.3 Å². The highest BCUT2D eigenvalue weighted by atomic mass is 28.3. The molecule has 0 nitrogen and oxygen atoms in total. The van der Waals surface area contributed by atoms with Gasteiger partial charge in [0.05, 0.1) is 0 Å². The van der Waals surface area contributed by atoms with E-state index in [0.29, 0.717) is 16.6 Å². The molecule has 1 aromatic rings. The van der Waals surface area contributed by atoms with E-state index in [1.807, 2.05) is 0 Å². The molecule has 0 aliphatic carbocycles. The zero-order chi connectivity index (χ0) is 20.1. The second kappa shape index (κ2) is 9.12. The van der Waals surface area contributed by atoms with Crippen molar-refractivity contribution in [3.63, 3.8) is 0 Å². The first-order valence-corrected chi connectivity index (χ1v) is 15.8. The van der Waals surface area contributed by atoms with E-state index < -0.39 is 16.1 Å². The van der Waals surface area contributed by atoms with Crippen LogP contribution in [0.5, 0.6) is 0 Å². The number of hydrogen-bond donors (Lipinski definition) is 0. The van der Waals surface area contributed by atoms with E-state index >= 15 is 0 Å². The van der Waals surface area contributed by atoms with Gasteiger partial charge in [0.2, 0.25) is 0 Å². The van der Waals surface area contributed by atoms with Crippen LogP contribution in [0.25, 0.3) is 0 Å². The molecule has 2 heteroatoms. The fraction of sp³-hybridized carbons (Fsp3) is 0.583. The first-order valence-electron chi connectivity index (χ1n) is 10.1. The van der Waals surface area contributed by atoms with Crippen LogP contribution >= 0.6 is 0 Å². The summed E-state index contributed by atoms with van der Waals surface area (Å²) in [5.41, 5.74) is 11.8. The highest BCUT2D eigenvalue weighted by molar-refractivity contribution is 6.90. The normalized spacial score (nSPS) is 13.3. The molecule has 1 atom stereocenters. The summed E-state index contributed by atoms with van der Waals surface area (Å²) < 4.78 is 0. The third kappa shape index (κ3) is 5.90. The fourth-order valence-corrected chi connectivity index (χ4v) is 9.75. The molecule has 0 fully saturated rings. The molecule has 0 heterocycles. The standard InChI is InChI=1S/C24H38Si2/c1-19(2)26(20(3)4,21(5)6)17-14-22(7)24-13-11-12-23(18-24)15-16-25(8,9)10/h11-13,18-22H,1-10H3. The van der Waals surface area contributed by atoms with Gasteiger partial charge in [-0.3, -0.25) is 0 Å². The van der Waals surface area contributed by atoms with Gasteiger partial charge in [-0.1, -0.05) is 79.2 Å². The van der Waals surface area contributed by atoms with Gasteiger partial charge in [0.25, 0.3) is 0 Å². The van der Waals surface area contributed by atoms with E-state index in [0.717, 1.165) is 5.56 Å². The second-order valence-electron chi connectivity index (χ2n) is 9.51. The Balaban J connectivity index is 3.21. The van der Waals surface area contributed by atoms with Gasteiger partial charge in [0.15, 0.2) is 0 Å². The molecule has 1 rings (SSSR count). The Hall–Kier alpha value is -1.23. The van der Waals surface area contributed by atoms with Crippen molar-refractivity contribution in [2.75, 3.05) is 0 Å². The average Bonchev–Trinajstić information content (AvgIpc) is 2.52. The van der Waals surface area contributed by atoms with Crippen molar-refractivity contribution in [2.45, 2.75) is 90.6 Å². The SMILES string of the molecule is CC(C#C[Si](C(C)C)(C(C)C)C(C)C)c1cccc(C#C[Si](C)(C)C)c1. The van der Waals surface area contributed by atoms with Gasteiger partial charge in [-0.15, -0.1) is 17.0 Å². The third-order valence-corrected chi connectivity index (χ3v) is 12.5. The summed E-state index contributed by atoms with van der Waals surface area (Å²) in [7, 11) is -3.01. The van der Waals surface area contributed by atoms with E-state index in [1.165, 1.54) is 5.56 Å². The summed E-state index contributed by atoms with van der Waals surface area (Å²) in [6.07, 6.45) is 0. The molecular formula is C24H38Si2. The molecule has 0 aliphatic heterocycles. The van der Waals surface area contributed by atoms with Crippen LogP contribution in [0, 0.1) is 22.9 Å². The van der Waals surface area contributed by atoms with Gasteiger partial charge in [0, 0.05) is 11.5 Å². The van der Waals surface area contributed by atoms with Gasteiger partial charge >= 0.3 is 0 Å². The van der Waals surface area contributed by atoms with Gasteiger partial charge in [-0.2, -0.15) is 0 Å². The summed E-state index contributed by atoms with van der Waals surface area (Å²) in [6, 6.07) is 8.67. The van der Waals surface area contributed by atoms with Gasteiger partial charge in [0.1, 0.15) is 16.1 Å². The summed E-state index contributed by atoms with van der Waals surface area (Å²) in [5.74, 6) is 7.29. The molecule has 0 bridgehead atoms. The van der Waals surface area contributed by atoms with Crippen LogP contribution in [0.1, 0.15) is 65.5 Å². The van der Waals surface area contributed by atoms with Crippen LogP contribution in [-0.4, -0.2) is 16.1 Å². The fourth-order valence-electron chi connectivity index (χ4n) is 3.90. The van der Waals surface area contributed by atoms with Gasteiger partial charge < -0.3 is 0 Å². The van der Waals surface area contributed by atoms with Crippen molar-refractivity contribution in [3.05, 3.63) is 35.4 Å². The zero-order valence-corrected chi connectivity index (χ0v) is 20.6. The molecule has 0 saturated heterocycles. The minimum atomic E-state index is -1.66. The van der Waals surface area contributed by atoms with Crippen LogP contribution in [0.3, 0.4) is 0 Å². The van der Waals surface area contributed by atoms with Crippen molar-refractivity contribution in [1.29, 1.82) is 0 Å². The summed E-state index contributed by atoms with van der Waals surface area (Å²) in [6.45, 7) is 23.3. The monoisotopic (exact) mass is 382 g/mol. The Labute approximate surface area is 165 Å². The molecule has 0 saturated carbocycles. The average molecular weight is 383 g/mol. The lowest BCUT2D eigenvalue weighted by Gasteiger charge is -2.38. The smallest absolute Gasteiger partial charge is 0.130 e. The van der Waals surface area contributed by atoms with Gasteiger partial charge in [-0.25, -0.2) is 0 Å². The van der Waals surface area contributed by atoms with E-state index in [4.69, 9.17) is 0 Å². The van der Waals surface area contributed by atoms with E-state index in [1.54, 1.807) is 0 Å². The maximum atomic E-state index is 3.87. The predicted molar refractivity (Wildman–Crippen MR) is 124 cm³/mol. The molecule has 0 aromatic heterocycles. The molecule has 0 N–H and O–H groups in total. The maximum Gasteiger partial charge on any atom is 0.145 e. The maximum absolute atomic E-state index is 3.87. The lowest BCUT2D eigenvalue weighted by atomic mass is 10.0. The Kier molecular flexibility index (Phi) is 8.00. The Morgan fingerprint density at radius 3 is 1.77 bits per heavy atom. The quantitative estimate of drug-likeness (QED) is 0.380. The largest absolute Gasteiger partial charge is 0.145 e. The lowest BCUT2D eigenvalue weighted by molar-refractivity contribution is 0.837. The van der Waals surface area contributed by atoms with Crippen molar-refractivity contribution in [3.8, 4) is 22.9 Å². The van der Waals surface area contributed by atoms with E-state index in [2.05, 4.69) is 115 Å². The Bertz CT molecular complexity index is 691. The molecule has 0 spiro atoms. The summed E-state index contributed by atoms with van der Waals surface area (Å²) in [5, 5.41) is 0. The molecule has 1 unspecified atom stereocenters. The lowest BCUT2D eigenvalue weighted by Crippen LogP contribution is -2.43. The molecular weight excluding hydrogens is 344 g/mol. The van der Waals surface area contributed by atoms with Crippen molar-refractivity contribution in [2.24, 2.45) is 0 Å². The number of benzene rings is 1. The van der Waals surface area contributed by atoms with Crippen molar-refractivity contribution in [1.82, 2.24) is 0 Å². The Morgan fingerprint density at radius 2 is 1.31 bits per heavy atom. The van der Waals surface area contributed by atoms with Crippen LogP contribution in [-0.2, 0) is 0 Å². The first kappa shape index (κ1) is 22.8. The summed E-state index contributed by atoms with van der Waals surface area (Å²) in [4.78, 5) is 0.